The summed E-state index contributed by atoms with van der Waals surface area (Å²) >= 11 is 0. The number of para-hydroxylation sites is 1. The maximum Gasteiger partial charge on any atom is 0.339 e. The lowest BCUT2D eigenvalue weighted by Crippen LogP contribution is -2.31. The Bertz CT molecular complexity index is 1380. The number of nitrogens with one attached hydrogen (secondary N) is 1. The van der Waals surface area contributed by atoms with Crippen LogP contribution in [0.4, 0.5) is 5.69 Å². The molecule has 3 aromatic rings. The molecule has 7 nitrogen and oxygen atoms in total. The van der Waals surface area contributed by atoms with Crippen molar-refractivity contribution in [1.82, 2.24) is 4.98 Å². The third-order valence-corrected chi connectivity index (χ3v) is 7.75. The number of carbonyl (C=O) groups is 3. The Morgan fingerprint density at radius 1 is 1.19 bits per heavy atom. The largest absolute Gasteiger partial charge is 0.482 e. The van der Waals surface area contributed by atoms with Gasteiger partial charge in [0.2, 0.25) is 0 Å². The highest BCUT2D eigenvalue weighted by Gasteiger charge is 2.34. The van der Waals surface area contributed by atoms with Gasteiger partial charge in [0.15, 0.2) is 19.0 Å². The fourth-order valence-corrected chi connectivity index (χ4v) is 5.12. The van der Waals surface area contributed by atoms with Gasteiger partial charge >= 0.3 is 5.97 Å². The summed E-state index contributed by atoms with van der Waals surface area (Å²) in [4.78, 5) is 42.9. The molecule has 186 valence electrons. The van der Waals surface area contributed by atoms with Crippen LogP contribution in [-0.4, -0.2) is 35.9 Å². The minimum atomic E-state index is -0.511. The Morgan fingerprint density at radius 2 is 2.00 bits per heavy atom. The summed E-state index contributed by atoms with van der Waals surface area (Å²) in [6, 6.07) is 12.4. The van der Waals surface area contributed by atoms with Crippen LogP contribution in [0.1, 0.15) is 65.6 Å². The third-order valence-electron chi connectivity index (χ3n) is 7.75. The molecule has 7 heteroatoms. The van der Waals surface area contributed by atoms with Crippen molar-refractivity contribution in [2.24, 2.45) is 11.3 Å². The molecule has 1 aromatic heterocycles. The Hall–Kier alpha value is -3.74. The minimum absolute atomic E-state index is 0.0571. The van der Waals surface area contributed by atoms with Gasteiger partial charge < -0.3 is 14.8 Å². The lowest BCUT2D eigenvalue weighted by atomic mass is 9.68. The lowest BCUT2D eigenvalue weighted by molar-refractivity contribution is -0.118. The Balaban J connectivity index is 1.42. The molecule has 2 aliphatic rings. The van der Waals surface area contributed by atoms with E-state index in [-0.39, 0.29) is 23.7 Å². The molecule has 1 unspecified atom stereocenters. The number of hydrogen-bond acceptors (Lipinski definition) is 6. The standard InChI is InChI=1S/C29H30N2O5/c1-4-29(2,3)18-10-11-22-20(14-18)27(19-7-5-6-8-21(19)30-22)28(34)36-15-24(32)17-9-12-25-23(13-17)31-26(33)16-35-25/h5-9,12-13,18H,4,10-11,14-16H2,1-3H3,(H,31,33). The third kappa shape index (κ3) is 4.45. The van der Waals surface area contributed by atoms with E-state index in [9.17, 15) is 14.4 Å². The number of aryl methyl sites for hydroxylation is 1. The molecule has 5 rings (SSSR count). The number of ketones is 1. The highest BCUT2D eigenvalue weighted by atomic mass is 16.5. The van der Waals surface area contributed by atoms with E-state index in [2.05, 4.69) is 26.1 Å². The zero-order valence-corrected chi connectivity index (χ0v) is 20.8. The molecular weight excluding hydrogens is 456 g/mol. The maximum atomic E-state index is 13.5. The van der Waals surface area contributed by atoms with Gasteiger partial charge in [-0.25, -0.2) is 4.79 Å². The molecule has 0 fully saturated rings. The number of hydrogen-bond donors (Lipinski definition) is 1. The van der Waals surface area contributed by atoms with Crippen LogP contribution >= 0.6 is 0 Å². The van der Waals surface area contributed by atoms with Crippen molar-refractivity contribution in [2.45, 2.75) is 46.5 Å². The van der Waals surface area contributed by atoms with Crippen molar-refractivity contribution in [3.05, 3.63) is 64.8 Å². The summed E-state index contributed by atoms with van der Waals surface area (Å²) in [5, 5.41) is 3.44. The van der Waals surface area contributed by atoms with Gasteiger partial charge in [-0.05, 0) is 60.4 Å². The molecule has 1 aliphatic heterocycles. The topological polar surface area (TPSA) is 94.6 Å². The quantitative estimate of drug-likeness (QED) is 0.383. The number of benzene rings is 2. The molecule has 0 spiro atoms. The zero-order valence-electron chi connectivity index (χ0n) is 20.8. The zero-order chi connectivity index (χ0) is 25.4. The van der Waals surface area contributed by atoms with E-state index in [1.807, 2.05) is 24.3 Å². The van der Waals surface area contributed by atoms with Crippen molar-refractivity contribution in [1.29, 1.82) is 0 Å². The highest BCUT2D eigenvalue weighted by Crippen LogP contribution is 2.41. The van der Waals surface area contributed by atoms with Crippen LogP contribution in [0.3, 0.4) is 0 Å². The molecule has 1 atom stereocenters. The van der Waals surface area contributed by atoms with Crippen LogP contribution in [0.2, 0.25) is 0 Å². The van der Waals surface area contributed by atoms with E-state index in [1.54, 1.807) is 18.2 Å². The molecule has 2 heterocycles. The fourth-order valence-electron chi connectivity index (χ4n) is 5.12. The van der Waals surface area contributed by atoms with Crippen molar-refractivity contribution in [3.8, 4) is 5.75 Å². The summed E-state index contributed by atoms with van der Waals surface area (Å²) in [7, 11) is 0. The molecule has 0 bridgehead atoms. The molecule has 0 saturated heterocycles. The first-order chi connectivity index (χ1) is 17.3. The van der Waals surface area contributed by atoms with Crippen molar-refractivity contribution in [2.75, 3.05) is 18.5 Å². The molecule has 0 radical (unpaired) electrons. The maximum absolute atomic E-state index is 13.5. The second kappa shape index (κ2) is 9.37. The summed E-state index contributed by atoms with van der Waals surface area (Å²) in [6.45, 7) is 6.30. The first kappa shape index (κ1) is 24.0. The van der Waals surface area contributed by atoms with Gasteiger partial charge in [-0.2, -0.15) is 0 Å². The smallest absolute Gasteiger partial charge is 0.339 e. The van der Waals surface area contributed by atoms with Crippen molar-refractivity contribution < 1.29 is 23.9 Å². The summed E-state index contributed by atoms with van der Waals surface area (Å²) in [6.07, 6.45) is 3.66. The number of rotatable bonds is 6. The Labute approximate surface area is 210 Å². The van der Waals surface area contributed by atoms with E-state index < -0.39 is 12.6 Å². The van der Waals surface area contributed by atoms with E-state index >= 15 is 0 Å². The van der Waals surface area contributed by atoms with Gasteiger partial charge in [0, 0.05) is 16.6 Å². The molecule has 1 N–H and O–H groups in total. The average Bonchev–Trinajstić information content (AvgIpc) is 2.89. The molecule has 2 aromatic carbocycles. The molecule has 1 aliphatic carbocycles. The number of fused-ring (bicyclic) bond motifs is 3. The summed E-state index contributed by atoms with van der Waals surface area (Å²) in [5.74, 6) is -0.218. The molecule has 0 saturated carbocycles. The Morgan fingerprint density at radius 3 is 2.81 bits per heavy atom. The van der Waals surface area contributed by atoms with Gasteiger partial charge in [0.1, 0.15) is 5.75 Å². The summed E-state index contributed by atoms with van der Waals surface area (Å²) in [5.41, 5.74) is 4.07. The first-order valence-electron chi connectivity index (χ1n) is 12.4. The number of anilines is 1. The number of nitrogens with zero attached hydrogens (tertiary/aromatic N) is 1. The predicted molar refractivity (Wildman–Crippen MR) is 137 cm³/mol. The van der Waals surface area contributed by atoms with Crippen molar-refractivity contribution in [3.63, 3.8) is 0 Å². The normalized spacial score (nSPS) is 17.0. The van der Waals surface area contributed by atoms with Gasteiger partial charge in [-0.15, -0.1) is 0 Å². The number of aromatic nitrogens is 1. The molecular formula is C29H30N2O5. The number of ether oxygens (including phenoxy) is 2. The van der Waals surface area contributed by atoms with Crippen LogP contribution < -0.4 is 10.1 Å². The fraction of sp³-hybridized carbons (Fsp3) is 0.379. The van der Waals surface area contributed by atoms with Crippen LogP contribution in [0, 0.1) is 11.3 Å². The minimum Gasteiger partial charge on any atom is -0.482 e. The van der Waals surface area contributed by atoms with Gasteiger partial charge in [0.25, 0.3) is 5.91 Å². The molecule has 1 amide bonds. The lowest BCUT2D eigenvalue weighted by Gasteiger charge is -2.37. The number of pyridine rings is 1. The average molecular weight is 487 g/mol. The van der Waals surface area contributed by atoms with Crippen LogP contribution in [0.15, 0.2) is 42.5 Å². The number of carbonyl (C=O) groups excluding carboxylic acids is 3. The summed E-state index contributed by atoms with van der Waals surface area (Å²) < 4.78 is 10.9. The van der Waals surface area contributed by atoms with Crippen molar-refractivity contribution >= 4 is 34.3 Å². The second-order valence-corrected chi connectivity index (χ2v) is 10.3. The van der Waals surface area contributed by atoms with E-state index in [0.717, 1.165) is 47.8 Å². The van der Waals surface area contributed by atoms with Crippen LogP contribution in [0.5, 0.6) is 5.75 Å². The van der Waals surface area contributed by atoms with Crippen LogP contribution in [-0.2, 0) is 22.4 Å². The Kier molecular flexibility index (Phi) is 6.24. The van der Waals surface area contributed by atoms with Crippen LogP contribution in [0.25, 0.3) is 10.9 Å². The number of esters is 1. The number of amides is 1. The van der Waals surface area contributed by atoms with Gasteiger partial charge in [0.05, 0.1) is 16.8 Å². The first-order valence-corrected chi connectivity index (χ1v) is 12.4. The SMILES string of the molecule is CCC(C)(C)C1CCc2nc3ccccc3c(C(=O)OCC(=O)c3ccc4c(c3)NC(=O)CO4)c2C1. The van der Waals surface area contributed by atoms with E-state index in [1.165, 1.54) is 0 Å². The predicted octanol–water partition coefficient (Wildman–Crippen LogP) is 5.15. The molecule has 36 heavy (non-hydrogen) atoms. The van der Waals surface area contributed by atoms with Gasteiger partial charge in [-0.3, -0.25) is 14.6 Å². The second-order valence-electron chi connectivity index (χ2n) is 10.3. The number of Topliss-reactive ketones (excluding diaryl/α,β-unsaturated/α-hetero) is 1. The van der Waals surface area contributed by atoms with E-state index in [0.29, 0.717) is 28.5 Å². The monoisotopic (exact) mass is 486 g/mol. The highest BCUT2D eigenvalue weighted by molar-refractivity contribution is 6.07. The van der Waals surface area contributed by atoms with E-state index in [4.69, 9.17) is 14.5 Å². The van der Waals surface area contributed by atoms with Gasteiger partial charge in [-0.1, -0.05) is 45.4 Å².